The van der Waals surface area contributed by atoms with E-state index in [1.165, 1.54) is 32.4 Å². The standard InChI is InChI=1S/C17H32N2O2/c1-12-15(8-7-14(16(20)21)17(12,2)3)18-13-6-5-10-19(4)11-9-13/h12-15,18H,5-11H2,1-4H3,(H,20,21). The van der Waals surface area contributed by atoms with Crippen molar-refractivity contribution in [3.8, 4) is 0 Å². The molecule has 1 saturated heterocycles. The number of carboxylic acid groups (broad SMARTS) is 1. The van der Waals surface area contributed by atoms with Crippen molar-refractivity contribution in [3.05, 3.63) is 0 Å². The average molecular weight is 296 g/mol. The second-order valence-electron chi connectivity index (χ2n) is 7.78. The van der Waals surface area contributed by atoms with Gasteiger partial charge in [0.25, 0.3) is 0 Å². The van der Waals surface area contributed by atoms with Gasteiger partial charge in [-0.3, -0.25) is 4.79 Å². The molecular formula is C17H32N2O2. The topological polar surface area (TPSA) is 52.6 Å². The molecule has 4 unspecified atom stereocenters. The Bertz CT molecular complexity index is 370. The van der Waals surface area contributed by atoms with E-state index in [9.17, 15) is 9.90 Å². The molecule has 2 aliphatic rings. The molecule has 0 amide bonds. The van der Waals surface area contributed by atoms with Crippen LogP contribution in [0.5, 0.6) is 0 Å². The van der Waals surface area contributed by atoms with Crippen LogP contribution in [0.1, 0.15) is 52.9 Å². The number of nitrogens with zero attached hydrogens (tertiary/aromatic N) is 1. The van der Waals surface area contributed by atoms with Crippen molar-refractivity contribution in [2.75, 3.05) is 20.1 Å². The second kappa shape index (κ2) is 6.66. The summed E-state index contributed by atoms with van der Waals surface area (Å²) in [5.74, 6) is -0.430. The quantitative estimate of drug-likeness (QED) is 0.840. The first-order valence-corrected chi connectivity index (χ1v) is 8.49. The lowest BCUT2D eigenvalue weighted by Crippen LogP contribution is -2.53. The highest BCUT2D eigenvalue weighted by Gasteiger charge is 2.46. The van der Waals surface area contributed by atoms with Gasteiger partial charge in [0.1, 0.15) is 0 Å². The maximum atomic E-state index is 11.5. The minimum Gasteiger partial charge on any atom is -0.481 e. The summed E-state index contributed by atoms with van der Waals surface area (Å²) in [6.45, 7) is 8.86. The fourth-order valence-corrected chi connectivity index (χ4v) is 4.18. The number of hydrogen-bond donors (Lipinski definition) is 2. The van der Waals surface area contributed by atoms with E-state index in [2.05, 4.69) is 38.0 Å². The molecule has 4 nitrogen and oxygen atoms in total. The summed E-state index contributed by atoms with van der Waals surface area (Å²) in [6, 6.07) is 1.06. The fraction of sp³-hybridized carbons (Fsp3) is 0.941. The summed E-state index contributed by atoms with van der Waals surface area (Å²) in [6.07, 6.45) is 5.51. The first kappa shape index (κ1) is 16.8. The molecule has 0 spiro atoms. The van der Waals surface area contributed by atoms with E-state index in [1.54, 1.807) is 0 Å². The molecule has 2 N–H and O–H groups in total. The van der Waals surface area contributed by atoms with E-state index in [-0.39, 0.29) is 11.3 Å². The van der Waals surface area contributed by atoms with Crippen LogP contribution in [0.25, 0.3) is 0 Å². The summed E-state index contributed by atoms with van der Waals surface area (Å²) < 4.78 is 0. The Morgan fingerprint density at radius 3 is 2.57 bits per heavy atom. The molecule has 0 aromatic heterocycles. The Hall–Kier alpha value is -0.610. The van der Waals surface area contributed by atoms with Gasteiger partial charge >= 0.3 is 5.97 Å². The summed E-state index contributed by atoms with van der Waals surface area (Å²) >= 11 is 0. The molecule has 1 saturated carbocycles. The van der Waals surface area contributed by atoms with Gasteiger partial charge in [0.15, 0.2) is 0 Å². The molecule has 4 atom stereocenters. The lowest BCUT2D eigenvalue weighted by Gasteiger charge is -2.47. The van der Waals surface area contributed by atoms with Gasteiger partial charge < -0.3 is 15.3 Å². The molecular weight excluding hydrogens is 264 g/mol. The molecule has 2 fully saturated rings. The summed E-state index contributed by atoms with van der Waals surface area (Å²) in [5.41, 5.74) is -0.136. The molecule has 2 rings (SSSR count). The first-order valence-electron chi connectivity index (χ1n) is 8.49. The van der Waals surface area contributed by atoms with Crippen LogP contribution in [0, 0.1) is 17.3 Å². The van der Waals surface area contributed by atoms with Crippen LogP contribution < -0.4 is 5.32 Å². The number of aliphatic carboxylic acids is 1. The van der Waals surface area contributed by atoms with E-state index in [1.807, 2.05) is 0 Å². The smallest absolute Gasteiger partial charge is 0.307 e. The third-order valence-electron chi connectivity index (χ3n) is 6.14. The highest BCUT2D eigenvalue weighted by Crippen LogP contribution is 2.45. The number of likely N-dealkylation sites (tertiary alicyclic amines) is 1. The summed E-state index contributed by atoms with van der Waals surface area (Å²) in [5, 5.41) is 13.3. The van der Waals surface area contributed by atoms with Crippen LogP contribution in [0.3, 0.4) is 0 Å². The van der Waals surface area contributed by atoms with Gasteiger partial charge in [-0.2, -0.15) is 0 Å². The SMILES string of the molecule is CC1C(NC2CCCN(C)CC2)CCC(C(=O)O)C1(C)C. The normalized spacial score (nSPS) is 37.9. The number of carbonyl (C=O) groups is 1. The molecule has 0 radical (unpaired) electrons. The molecule has 4 heteroatoms. The number of hydrogen-bond acceptors (Lipinski definition) is 3. The second-order valence-corrected chi connectivity index (χ2v) is 7.78. The molecule has 122 valence electrons. The Balaban J connectivity index is 1.97. The van der Waals surface area contributed by atoms with Gasteiger partial charge in [-0.1, -0.05) is 20.8 Å². The molecule has 0 aromatic rings. The minimum absolute atomic E-state index is 0.136. The predicted octanol–water partition coefficient (Wildman–Crippen LogP) is 2.59. The maximum Gasteiger partial charge on any atom is 0.307 e. The van der Waals surface area contributed by atoms with Crippen molar-refractivity contribution in [1.82, 2.24) is 10.2 Å². The van der Waals surface area contributed by atoms with Gasteiger partial charge in [-0.15, -0.1) is 0 Å². The average Bonchev–Trinajstić information content (AvgIpc) is 2.60. The molecule has 1 aliphatic heterocycles. The van der Waals surface area contributed by atoms with Crippen LogP contribution >= 0.6 is 0 Å². The minimum atomic E-state index is -0.624. The number of carboxylic acids is 1. The van der Waals surface area contributed by atoms with Crippen molar-refractivity contribution in [2.24, 2.45) is 17.3 Å². The van der Waals surface area contributed by atoms with Gasteiger partial charge in [-0.05, 0) is 63.6 Å². The molecule has 0 aromatic carbocycles. The van der Waals surface area contributed by atoms with E-state index in [0.717, 1.165) is 12.8 Å². The highest BCUT2D eigenvalue weighted by molar-refractivity contribution is 5.71. The van der Waals surface area contributed by atoms with Crippen LogP contribution in [-0.4, -0.2) is 48.2 Å². The Kier molecular flexibility index (Phi) is 5.31. The third-order valence-corrected chi connectivity index (χ3v) is 6.14. The van der Waals surface area contributed by atoms with E-state index >= 15 is 0 Å². The lowest BCUT2D eigenvalue weighted by atomic mass is 9.61. The van der Waals surface area contributed by atoms with Crippen LogP contribution in [0.2, 0.25) is 0 Å². The van der Waals surface area contributed by atoms with Crippen molar-refractivity contribution in [2.45, 2.75) is 65.0 Å². The van der Waals surface area contributed by atoms with Crippen LogP contribution in [0.15, 0.2) is 0 Å². The molecule has 1 heterocycles. The van der Waals surface area contributed by atoms with Gasteiger partial charge in [0.2, 0.25) is 0 Å². The molecule has 1 aliphatic carbocycles. The fourth-order valence-electron chi connectivity index (χ4n) is 4.18. The Morgan fingerprint density at radius 2 is 1.90 bits per heavy atom. The molecule has 21 heavy (non-hydrogen) atoms. The van der Waals surface area contributed by atoms with Crippen molar-refractivity contribution >= 4 is 5.97 Å². The Morgan fingerprint density at radius 1 is 1.19 bits per heavy atom. The van der Waals surface area contributed by atoms with Gasteiger partial charge in [-0.25, -0.2) is 0 Å². The largest absolute Gasteiger partial charge is 0.481 e. The lowest BCUT2D eigenvalue weighted by molar-refractivity contribution is -0.150. The summed E-state index contributed by atoms with van der Waals surface area (Å²) in [4.78, 5) is 13.9. The third kappa shape index (κ3) is 3.78. The zero-order chi connectivity index (χ0) is 15.6. The van der Waals surface area contributed by atoms with Crippen molar-refractivity contribution < 1.29 is 9.90 Å². The monoisotopic (exact) mass is 296 g/mol. The zero-order valence-electron chi connectivity index (χ0n) is 14.1. The van der Waals surface area contributed by atoms with Crippen LogP contribution in [0.4, 0.5) is 0 Å². The van der Waals surface area contributed by atoms with Gasteiger partial charge in [0, 0.05) is 12.1 Å². The van der Waals surface area contributed by atoms with Crippen molar-refractivity contribution in [3.63, 3.8) is 0 Å². The van der Waals surface area contributed by atoms with Crippen molar-refractivity contribution in [1.29, 1.82) is 0 Å². The highest BCUT2D eigenvalue weighted by atomic mass is 16.4. The van der Waals surface area contributed by atoms with Gasteiger partial charge in [0.05, 0.1) is 5.92 Å². The van der Waals surface area contributed by atoms with Crippen LogP contribution in [-0.2, 0) is 4.79 Å². The predicted molar refractivity (Wildman–Crippen MR) is 85.4 cm³/mol. The van der Waals surface area contributed by atoms with E-state index in [4.69, 9.17) is 0 Å². The molecule has 0 bridgehead atoms. The van der Waals surface area contributed by atoms with E-state index in [0.29, 0.717) is 18.0 Å². The summed E-state index contributed by atoms with van der Waals surface area (Å²) in [7, 11) is 2.20. The van der Waals surface area contributed by atoms with E-state index < -0.39 is 5.97 Å². The number of nitrogens with one attached hydrogen (secondary N) is 1. The Labute approximate surface area is 129 Å². The first-order chi connectivity index (χ1) is 9.82. The zero-order valence-corrected chi connectivity index (χ0v) is 14.1. The maximum absolute atomic E-state index is 11.5. The number of rotatable bonds is 3.